The molecule has 3 aromatic rings. The van der Waals surface area contributed by atoms with E-state index in [0.717, 1.165) is 10.4 Å². The zero-order chi connectivity index (χ0) is 19.6. The molecule has 9 heteroatoms. The Morgan fingerprint density at radius 3 is 2.59 bits per heavy atom. The molecule has 0 aliphatic carbocycles. The van der Waals surface area contributed by atoms with Gasteiger partial charge in [0.25, 0.3) is 5.91 Å². The maximum absolute atomic E-state index is 12.6. The van der Waals surface area contributed by atoms with Gasteiger partial charge in [-0.25, -0.2) is 13.6 Å². The molecule has 27 heavy (non-hydrogen) atoms. The van der Waals surface area contributed by atoms with Crippen LogP contribution in [0.2, 0.25) is 0 Å². The monoisotopic (exact) mass is 419 g/mol. The molecular weight excluding hydrogens is 402 g/mol. The largest absolute Gasteiger partial charge is 0.312 e. The number of aromatic nitrogens is 1. The van der Waals surface area contributed by atoms with Gasteiger partial charge in [0.05, 0.1) is 15.1 Å². The number of hydrogen-bond acceptors (Lipinski definition) is 5. The molecule has 1 heterocycles. The van der Waals surface area contributed by atoms with Gasteiger partial charge < -0.3 is 4.57 Å². The molecular formula is C18H17N3O3S3. The van der Waals surface area contributed by atoms with Gasteiger partial charge in [-0.05, 0) is 48.7 Å². The van der Waals surface area contributed by atoms with E-state index >= 15 is 0 Å². The van der Waals surface area contributed by atoms with E-state index in [1.54, 1.807) is 36.0 Å². The van der Waals surface area contributed by atoms with Crippen LogP contribution in [0, 0.1) is 0 Å². The van der Waals surface area contributed by atoms with Gasteiger partial charge in [-0.15, -0.1) is 18.3 Å². The fourth-order valence-corrected chi connectivity index (χ4v) is 4.61. The maximum Gasteiger partial charge on any atom is 0.279 e. The van der Waals surface area contributed by atoms with Crippen molar-refractivity contribution in [2.45, 2.75) is 16.3 Å². The van der Waals surface area contributed by atoms with Crippen LogP contribution < -0.4 is 9.94 Å². The molecule has 0 spiro atoms. The number of thioether (sulfide) groups is 1. The van der Waals surface area contributed by atoms with Crippen LogP contribution in [0.25, 0.3) is 10.2 Å². The number of primary sulfonamides is 1. The first-order valence-electron chi connectivity index (χ1n) is 7.83. The SMILES string of the molecule is C=CCn1c(=NC(=O)c2ccc(SC)cc2)sc2cc(S(N)(=O)=O)ccc21. The summed E-state index contributed by atoms with van der Waals surface area (Å²) >= 11 is 2.82. The summed E-state index contributed by atoms with van der Waals surface area (Å²) in [5, 5.41) is 5.21. The lowest BCUT2D eigenvalue weighted by Crippen LogP contribution is -2.16. The summed E-state index contributed by atoms with van der Waals surface area (Å²) in [4.78, 5) is 18.3. The lowest BCUT2D eigenvalue weighted by Gasteiger charge is -2.02. The molecule has 0 aliphatic heterocycles. The average molecular weight is 420 g/mol. The van der Waals surface area contributed by atoms with Crippen molar-refractivity contribution in [2.75, 3.05) is 6.26 Å². The Kier molecular flexibility index (Phi) is 5.66. The zero-order valence-electron chi connectivity index (χ0n) is 14.5. The summed E-state index contributed by atoms with van der Waals surface area (Å²) in [5.41, 5.74) is 1.25. The Balaban J connectivity index is 2.13. The number of carbonyl (C=O) groups is 1. The molecule has 0 saturated heterocycles. The van der Waals surface area contributed by atoms with Gasteiger partial charge in [0.15, 0.2) is 4.80 Å². The van der Waals surface area contributed by atoms with Crippen LogP contribution in [-0.2, 0) is 16.6 Å². The van der Waals surface area contributed by atoms with Crippen molar-refractivity contribution in [3.63, 3.8) is 0 Å². The quantitative estimate of drug-likeness (QED) is 0.508. The van der Waals surface area contributed by atoms with E-state index in [1.807, 2.05) is 23.0 Å². The maximum atomic E-state index is 12.6. The molecule has 0 fully saturated rings. The van der Waals surface area contributed by atoms with E-state index in [4.69, 9.17) is 5.14 Å². The highest BCUT2D eigenvalue weighted by Crippen LogP contribution is 2.21. The number of sulfonamides is 1. The number of rotatable bonds is 5. The number of benzene rings is 2. The molecule has 2 aromatic carbocycles. The minimum absolute atomic E-state index is 0.0209. The van der Waals surface area contributed by atoms with Crippen LogP contribution in [0.1, 0.15) is 10.4 Å². The second-order valence-electron chi connectivity index (χ2n) is 5.60. The molecule has 140 valence electrons. The molecule has 2 N–H and O–H groups in total. The molecule has 0 saturated carbocycles. The Morgan fingerprint density at radius 1 is 1.30 bits per heavy atom. The van der Waals surface area contributed by atoms with Crippen molar-refractivity contribution in [1.29, 1.82) is 0 Å². The number of thiazole rings is 1. The van der Waals surface area contributed by atoms with Crippen LogP contribution in [0.4, 0.5) is 0 Å². The third-order valence-electron chi connectivity index (χ3n) is 3.83. The topological polar surface area (TPSA) is 94.5 Å². The van der Waals surface area contributed by atoms with Gasteiger partial charge in [-0.3, -0.25) is 4.79 Å². The van der Waals surface area contributed by atoms with Crippen LogP contribution in [-0.4, -0.2) is 25.1 Å². The summed E-state index contributed by atoms with van der Waals surface area (Å²) in [6.45, 7) is 4.17. The van der Waals surface area contributed by atoms with Crippen molar-refractivity contribution in [1.82, 2.24) is 4.57 Å². The Labute approximate surface area is 165 Å². The predicted molar refractivity (Wildman–Crippen MR) is 110 cm³/mol. The second kappa shape index (κ2) is 7.81. The van der Waals surface area contributed by atoms with Crippen molar-refractivity contribution in [3.8, 4) is 0 Å². The number of carbonyl (C=O) groups excluding carboxylic acids is 1. The number of allylic oxidation sites excluding steroid dienone is 1. The Bertz CT molecular complexity index is 1190. The van der Waals surface area contributed by atoms with Crippen LogP contribution in [0.15, 0.2) is 69.9 Å². The molecule has 0 bridgehead atoms. The third kappa shape index (κ3) is 4.22. The van der Waals surface area contributed by atoms with Gasteiger partial charge >= 0.3 is 0 Å². The smallest absolute Gasteiger partial charge is 0.279 e. The number of fused-ring (bicyclic) bond motifs is 1. The highest BCUT2D eigenvalue weighted by Gasteiger charge is 2.13. The summed E-state index contributed by atoms with van der Waals surface area (Å²) < 4.78 is 25.7. The number of nitrogens with two attached hydrogens (primary N) is 1. The fraction of sp³-hybridized carbons (Fsp3) is 0.111. The first kappa shape index (κ1) is 19.6. The molecule has 0 radical (unpaired) electrons. The molecule has 6 nitrogen and oxygen atoms in total. The van der Waals surface area contributed by atoms with Gasteiger partial charge in [0.1, 0.15) is 0 Å². The Hall–Kier alpha value is -2.20. The zero-order valence-corrected chi connectivity index (χ0v) is 16.9. The van der Waals surface area contributed by atoms with Crippen molar-refractivity contribution < 1.29 is 13.2 Å². The minimum Gasteiger partial charge on any atom is -0.312 e. The van der Waals surface area contributed by atoms with Crippen LogP contribution >= 0.6 is 23.1 Å². The normalized spacial score (nSPS) is 12.4. The van der Waals surface area contributed by atoms with Crippen molar-refractivity contribution >= 4 is 49.2 Å². The second-order valence-corrected chi connectivity index (χ2v) is 9.05. The average Bonchev–Trinajstić information content (AvgIpc) is 2.98. The van der Waals surface area contributed by atoms with Crippen LogP contribution in [0.3, 0.4) is 0 Å². The highest BCUT2D eigenvalue weighted by atomic mass is 32.2. The number of hydrogen-bond donors (Lipinski definition) is 1. The van der Waals surface area contributed by atoms with Crippen molar-refractivity contribution in [3.05, 3.63) is 65.5 Å². The van der Waals surface area contributed by atoms with Gasteiger partial charge in [-0.2, -0.15) is 4.99 Å². The number of nitrogens with zero attached hydrogens (tertiary/aromatic N) is 2. The van der Waals surface area contributed by atoms with Gasteiger partial charge in [0.2, 0.25) is 10.0 Å². The summed E-state index contributed by atoms with van der Waals surface area (Å²) in [7, 11) is -3.81. The molecule has 1 aromatic heterocycles. The number of amides is 1. The van der Waals surface area contributed by atoms with Gasteiger partial charge in [0, 0.05) is 17.0 Å². The lowest BCUT2D eigenvalue weighted by molar-refractivity contribution is 0.0998. The minimum atomic E-state index is -3.81. The van der Waals surface area contributed by atoms with E-state index in [0.29, 0.717) is 21.6 Å². The van der Waals surface area contributed by atoms with E-state index in [9.17, 15) is 13.2 Å². The molecule has 0 unspecified atom stereocenters. The molecule has 3 rings (SSSR count). The highest BCUT2D eigenvalue weighted by molar-refractivity contribution is 7.98. The molecule has 0 aliphatic rings. The standard InChI is InChI=1S/C18H17N3O3S3/c1-3-10-21-15-9-8-14(27(19,23)24)11-16(15)26-18(21)20-17(22)12-4-6-13(25-2)7-5-12/h3-9,11H,1,10H2,2H3,(H2,19,23,24). The first-order valence-corrected chi connectivity index (χ1v) is 11.4. The van der Waals surface area contributed by atoms with E-state index in [1.165, 1.54) is 23.5 Å². The van der Waals surface area contributed by atoms with E-state index < -0.39 is 10.0 Å². The molecule has 1 amide bonds. The van der Waals surface area contributed by atoms with Crippen molar-refractivity contribution in [2.24, 2.45) is 10.1 Å². The predicted octanol–water partition coefficient (Wildman–Crippen LogP) is 3.00. The van der Waals surface area contributed by atoms with Gasteiger partial charge in [-0.1, -0.05) is 17.4 Å². The van der Waals surface area contributed by atoms with E-state index in [-0.39, 0.29) is 10.8 Å². The third-order valence-corrected chi connectivity index (χ3v) is 6.52. The first-order chi connectivity index (χ1) is 12.8. The lowest BCUT2D eigenvalue weighted by atomic mass is 10.2. The molecule has 0 atom stereocenters. The Morgan fingerprint density at radius 2 is 2.00 bits per heavy atom. The summed E-state index contributed by atoms with van der Waals surface area (Å²) in [6, 6.07) is 11.8. The summed E-state index contributed by atoms with van der Waals surface area (Å²) in [5.74, 6) is -0.362. The van der Waals surface area contributed by atoms with Crippen LogP contribution in [0.5, 0.6) is 0 Å². The van der Waals surface area contributed by atoms with E-state index in [2.05, 4.69) is 11.6 Å². The summed E-state index contributed by atoms with van der Waals surface area (Å²) in [6.07, 6.45) is 3.66. The fourth-order valence-electron chi connectivity index (χ4n) is 2.51.